The van der Waals surface area contributed by atoms with Crippen molar-refractivity contribution in [2.45, 2.75) is 64.9 Å². The van der Waals surface area contributed by atoms with E-state index < -0.39 is 12.3 Å². The molecule has 0 bridgehead atoms. The van der Waals surface area contributed by atoms with Crippen LogP contribution < -0.4 is 5.32 Å². The molecule has 2 aromatic carbocycles. The number of aromatic nitrogens is 2. The topological polar surface area (TPSA) is 70.4 Å². The summed E-state index contributed by atoms with van der Waals surface area (Å²) in [5.41, 5.74) is 3.94. The molecule has 174 valence electrons. The van der Waals surface area contributed by atoms with Crippen LogP contribution in [-0.2, 0) is 6.42 Å². The van der Waals surface area contributed by atoms with Gasteiger partial charge in [-0.3, -0.25) is 14.8 Å². The lowest BCUT2D eigenvalue weighted by atomic mass is 9.94. The van der Waals surface area contributed by atoms with Gasteiger partial charge in [0.05, 0.1) is 6.04 Å². The summed E-state index contributed by atoms with van der Waals surface area (Å²) in [6.07, 6.45) is 1.71. The van der Waals surface area contributed by atoms with Gasteiger partial charge in [0.15, 0.2) is 5.69 Å². The molecule has 1 amide bonds. The minimum absolute atomic E-state index is 0.138. The Kier molecular flexibility index (Phi) is 6.41. The van der Waals surface area contributed by atoms with Crippen molar-refractivity contribution in [1.82, 2.24) is 20.0 Å². The highest BCUT2D eigenvalue weighted by atomic mass is 16.3. The average molecular weight is 447 g/mol. The molecule has 0 saturated carbocycles. The van der Waals surface area contributed by atoms with Gasteiger partial charge in [0.25, 0.3) is 5.91 Å². The van der Waals surface area contributed by atoms with Gasteiger partial charge < -0.3 is 10.0 Å². The summed E-state index contributed by atoms with van der Waals surface area (Å²) in [5, 5.41) is 19.4. The number of hydrogen-bond acceptors (Lipinski definition) is 4. The molecular weight excluding hydrogens is 412 g/mol. The number of carbonyl (C=O) groups is 1. The molecule has 6 nitrogen and oxygen atoms in total. The second kappa shape index (κ2) is 9.12. The Hall–Kier alpha value is -2.96. The van der Waals surface area contributed by atoms with E-state index in [4.69, 9.17) is 0 Å². The van der Waals surface area contributed by atoms with Crippen molar-refractivity contribution in [2.75, 3.05) is 6.54 Å². The zero-order chi connectivity index (χ0) is 23.8. The van der Waals surface area contributed by atoms with Crippen LogP contribution in [0, 0.1) is 0 Å². The van der Waals surface area contributed by atoms with Crippen LogP contribution in [0.3, 0.4) is 0 Å². The molecule has 1 aliphatic heterocycles. The van der Waals surface area contributed by atoms with E-state index in [1.807, 2.05) is 74.1 Å². The molecule has 1 aliphatic rings. The third-order valence-electron chi connectivity index (χ3n) is 5.99. The van der Waals surface area contributed by atoms with Crippen LogP contribution in [0.2, 0.25) is 0 Å². The number of nitrogens with zero attached hydrogens (tertiary/aromatic N) is 3. The zero-order valence-electron chi connectivity index (χ0n) is 20.1. The van der Waals surface area contributed by atoms with Gasteiger partial charge in [0, 0.05) is 29.9 Å². The lowest BCUT2D eigenvalue weighted by Gasteiger charge is -2.37. The molecular formula is C27H34N4O2. The van der Waals surface area contributed by atoms with E-state index in [2.05, 4.69) is 36.4 Å². The first-order valence-corrected chi connectivity index (χ1v) is 11.6. The maximum absolute atomic E-state index is 14.0. The van der Waals surface area contributed by atoms with E-state index in [1.165, 1.54) is 0 Å². The predicted octanol–water partition coefficient (Wildman–Crippen LogP) is 4.58. The van der Waals surface area contributed by atoms with Crippen molar-refractivity contribution in [1.29, 1.82) is 0 Å². The molecule has 2 unspecified atom stereocenters. The van der Waals surface area contributed by atoms with Gasteiger partial charge in [0.1, 0.15) is 6.23 Å². The van der Waals surface area contributed by atoms with Crippen LogP contribution in [-0.4, -0.2) is 44.0 Å². The Labute approximate surface area is 196 Å². The Morgan fingerprint density at radius 1 is 1.03 bits per heavy atom. The van der Waals surface area contributed by atoms with Crippen molar-refractivity contribution in [3.05, 3.63) is 77.6 Å². The molecule has 6 heteroatoms. The predicted molar refractivity (Wildman–Crippen MR) is 131 cm³/mol. The van der Waals surface area contributed by atoms with Crippen LogP contribution >= 0.6 is 0 Å². The Morgan fingerprint density at radius 2 is 1.70 bits per heavy atom. The highest BCUT2D eigenvalue weighted by molar-refractivity contribution is 6.01. The fourth-order valence-corrected chi connectivity index (χ4v) is 4.44. The molecule has 33 heavy (non-hydrogen) atoms. The Morgan fingerprint density at radius 3 is 2.36 bits per heavy atom. The van der Waals surface area contributed by atoms with Crippen LogP contribution in [0.5, 0.6) is 0 Å². The monoisotopic (exact) mass is 446 g/mol. The largest absolute Gasteiger partial charge is 0.376 e. The molecule has 1 aromatic heterocycles. The number of benzene rings is 2. The minimum Gasteiger partial charge on any atom is -0.376 e. The van der Waals surface area contributed by atoms with Crippen molar-refractivity contribution >= 4 is 5.91 Å². The van der Waals surface area contributed by atoms with Gasteiger partial charge >= 0.3 is 0 Å². The number of amides is 1. The van der Waals surface area contributed by atoms with E-state index in [9.17, 15) is 9.90 Å². The molecule has 0 fully saturated rings. The van der Waals surface area contributed by atoms with Crippen LogP contribution in [0.4, 0.5) is 0 Å². The lowest BCUT2D eigenvalue weighted by Crippen LogP contribution is -2.52. The Balaban J connectivity index is 1.83. The molecule has 0 saturated heterocycles. The highest BCUT2D eigenvalue weighted by Crippen LogP contribution is 2.40. The zero-order valence-corrected chi connectivity index (χ0v) is 20.1. The number of aliphatic hydroxyl groups excluding tert-OH is 1. The normalized spacial score (nSPS) is 17.0. The molecule has 2 N–H and O–H groups in total. The van der Waals surface area contributed by atoms with Gasteiger partial charge in [0.2, 0.25) is 0 Å². The molecule has 2 heterocycles. The van der Waals surface area contributed by atoms with Crippen molar-refractivity contribution < 1.29 is 9.90 Å². The number of nitrogens with one attached hydrogen (secondary N) is 1. The maximum atomic E-state index is 14.0. The standard InChI is InChI=1S/C27H34N4O2/c1-18(2)31-17-22-20-13-9-10-14-21(20)24(25(32)28-27(3,4)5)30(26(33)23(22)29-31)16-15-19-11-7-6-8-12-19/h6-14,17-18,24-25,28,32H,15-16H2,1-5H3. The van der Waals surface area contributed by atoms with E-state index in [0.29, 0.717) is 18.7 Å². The third kappa shape index (κ3) is 4.87. The van der Waals surface area contributed by atoms with E-state index in [0.717, 1.165) is 22.3 Å². The summed E-state index contributed by atoms with van der Waals surface area (Å²) in [7, 11) is 0. The second-order valence-corrected chi connectivity index (χ2v) is 10.1. The van der Waals surface area contributed by atoms with Crippen molar-refractivity contribution in [2.24, 2.45) is 0 Å². The summed E-state index contributed by atoms with van der Waals surface area (Å²) >= 11 is 0. The first-order valence-electron chi connectivity index (χ1n) is 11.6. The van der Waals surface area contributed by atoms with Gasteiger partial charge in [-0.1, -0.05) is 54.6 Å². The highest BCUT2D eigenvalue weighted by Gasteiger charge is 2.40. The summed E-state index contributed by atoms with van der Waals surface area (Å²) in [6.45, 7) is 10.6. The molecule has 3 aromatic rings. The van der Waals surface area contributed by atoms with Gasteiger partial charge in [-0.15, -0.1) is 0 Å². The average Bonchev–Trinajstić information content (AvgIpc) is 3.18. The Bertz CT molecular complexity index is 1110. The van der Waals surface area contributed by atoms with E-state index in [-0.39, 0.29) is 17.5 Å². The summed E-state index contributed by atoms with van der Waals surface area (Å²) < 4.78 is 1.85. The fraction of sp³-hybridized carbons (Fsp3) is 0.407. The van der Waals surface area contributed by atoms with Crippen LogP contribution in [0.15, 0.2) is 60.8 Å². The van der Waals surface area contributed by atoms with E-state index >= 15 is 0 Å². The number of fused-ring (bicyclic) bond motifs is 3. The lowest BCUT2D eigenvalue weighted by molar-refractivity contribution is 0.0102. The molecule has 0 radical (unpaired) electrons. The summed E-state index contributed by atoms with van der Waals surface area (Å²) in [6, 6.07) is 17.7. The number of rotatable bonds is 6. The fourth-order valence-electron chi connectivity index (χ4n) is 4.44. The number of hydrogen-bond donors (Lipinski definition) is 2. The maximum Gasteiger partial charge on any atom is 0.275 e. The molecule has 2 atom stereocenters. The summed E-state index contributed by atoms with van der Waals surface area (Å²) in [5.74, 6) is -0.156. The number of carbonyl (C=O) groups excluding carboxylic acids is 1. The number of aliphatic hydroxyl groups is 1. The van der Waals surface area contributed by atoms with E-state index in [1.54, 1.807) is 4.90 Å². The van der Waals surface area contributed by atoms with Crippen LogP contribution in [0.25, 0.3) is 11.1 Å². The smallest absolute Gasteiger partial charge is 0.275 e. The van der Waals surface area contributed by atoms with Crippen molar-refractivity contribution in [3.8, 4) is 11.1 Å². The first kappa shape index (κ1) is 23.2. The summed E-state index contributed by atoms with van der Waals surface area (Å²) in [4.78, 5) is 15.7. The quantitative estimate of drug-likeness (QED) is 0.544. The van der Waals surface area contributed by atoms with Crippen molar-refractivity contribution in [3.63, 3.8) is 0 Å². The SMILES string of the molecule is CC(C)n1cc2c(n1)C(=O)N(CCc1ccccc1)C(C(O)NC(C)(C)C)c1ccccc1-2. The molecule has 0 aliphatic carbocycles. The van der Waals surface area contributed by atoms with Gasteiger partial charge in [-0.2, -0.15) is 5.10 Å². The molecule has 4 rings (SSSR count). The first-order chi connectivity index (χ1) is 15.7. The van der Waals surface area contributed by atoms with Gasteiger partial charge in [-0.05, 0) is 57.7 Å². The van der Waals surface area contributed by atoms with Gasteiger partial charge in [-0.25, -0.2) is 0 Å². The molecule has 0 spiro atoms. The third-order valence-corrected chi connectivity index (χ3v) is 5.99. The minimum atomic E-state index is -0.938. The second-order valence-electron chi connectivity index (χ2n) is 10.1. The van der Waals surface area contributed by atoms with Crippen LogP contribution in [0.1, 0.15) is 68.3 Å².